The van der Waals surface area contributed by atoms with E-state index in [1.54, 1.807) is 20.8 Å². The van der Waals surface area contributed by atoms with Crippen LogP contribution in [0.2, 0.25) is 15.1 Å². The van der Waals surface area contributed by atoms with Gasteiger partial charge in [-0.05, 0) is 51.1 Å². The molecule has 0 atom stereocenters. The molecule has 162 valence electrons. The van der Waals surface area contributed by atoms with Crippen molar-refractivity contribution in [3.05, 3.63) is 56.5 Å². The highest BCUT2D eigenvalue weighted by Crippen LogP contribution is 2.36. The number of primary sulfonamides is 1. The second-order valence-electron chi connectivity index (χ2n) is 7.13. The van der Waals surface area contributed by atoms with Crippen molar-refractivity contribution in [3.8, 4) is 5.75 Å². The van der Waals surface area contributed by atoms with Crippen molar-refractivity contribution in [2.24, 2.45) is 5.14 Å². The van der Waals surface area contributed by atoms with E-state index in [0.29, 0.717) is 0 Å². The van der Waals surface area contributed by atoms with Crippen LogP contribution < -0.4 is 9.88 Å². The number of carbonyl (C=O) groups is 2. The number of nitrogens with two attached hydrogens (primary N) is 1. The van der Waals surface area contributed by atoms with Gasteiger partial charge in [-0.2, -0.15) is 0 Å². The van der Waals surface area contributed by atoms with E-state index in [0.717, 1.165) is 6.07 Å². The van der Waals surface area contributed by atoms with E-state index in [2.05, 4.69) is 0 Å². The lowest BCUT2D eigenvalue weighted by atomic mass is 10.0. The summed E-state index contributed by atoms with van der Waals surface area (Å²) in [4.78, 5) is 24.2. The number of hydrogen-bond acceptors (Lipinski definition) is 6. The van der Waals surface area contributed by atoms with Gasteiger partial charge in [0, 0.05) is 11.1 Å². The summed E-state index contributed by atoms with van der Waals surface area (Å²) in [6.07, 6.45) is 0. The van der Waals surface area contributed by atoms with E-state index in [9.17, 15) is 18.0 Å². The fourth-order valence-corrected chi connectivity index (χ4v) is 3.88. The van der Waals surface area contributed by atoms with Crippen molar-refractivity contribution in [3.63, 3.8) is 0 Å². The average molecular weight is 495 g/mol. The predicted octanol–water partition coefficient (Wildman–Crippen LogP) is 4.25. The van der Waals surface area contributed by atoms with Gasteiger partial charge in [0.1, 0.15) is 21.3 Å². The Morgan fingerprint density at radius 2 is 1.67 bits per heavy atom. The minimum Gasteiger partial charge on any atom is -0.480 e. The Morgan fingerprint density at radius 3 is 2.23 bits per heavy atom. The van der Waals surface area contributed by atoms with Crippen LogP contribution in [0.15, 0.2) is 35.2 Å². The van der Waals surface area contributed by atoms with E-state index >= 15 is 0 Å². The largest absolute Gasteiger partial charge is 0.480 e. The molecule has 2 N–H and O–H groups in total. The lowest BCUT2D eigenvalue weighted by Gasteiger charge is -2.19. The molecule has 0 bridgehead atoms. The molecule has 0 spiro atoms. The Morgan fingerprint density at radius 1 is 1.03 bits per heavy atom. The summed E-state index contributed by atoms with van der Waals surface area (Å²) in [5.41, 5.74) is -0.690. The minimum atomic E-state index is -4.13. The van der Waals surface area contributed by atoms with Gasteiger partial charge >= 0.3 is 5.97 Å². The van der Waals surface area contributed by atoms with Gasteiger partial charge in [-0.15, -0.1) is 0 Å². The van der Waals surface area contributed by atoms with Gasteiger partial charge in [-0.1, -0.05) is 34.8 Å². The van der Waals surface area contributed by atoms with Crippen molar-refractivity contribution in [2.75, 3.05) is 6.61 Å². The van der Waals surface area contributed by atoms with Gasteiger partial charge in [0.05, 0.1) is 10.0 Å². The molecular formula is C19H18Cl3NO6S. The van der Waals surface area contributed by atoms with Gasteiger partial charge in [0.2, 0.25) is 10.0 Å². The second kappa shape index (κ2) is 9.11. The number of ketones is 1. The van der Waals surface area contributed by atoms with Crippen LogP contribution in [0.5, 0.6) is 5.75 Å². The third kappa shape index (κ3) is 6.09. The Labute approximate surface area is 189 Å². The Kier molecular flexibility index (Phi) is 7.42. The molecule has 0 saturated carbocycles. The fourth-order valence-electron chi connectivity index (χ4n) is 2.34. The zero-order valence-electron chi connectivity index (χ0n) is 16.2. The van der Waals surface area contributed by atoms with E-state index in [1.165, 1.54) is 24.3 Å². The van der Waals surface area contributed by atoms with Gasteiger partial charge in [0.25, 0.3) is 0 Å². The summed E-state index contributed by atoms with van der Waals surface area (Å²) in [6, 6.07) is 6.32. The number of benzene rings is 2. The minimum absolute atomic E-state index is 0.00558. The summed E-state index contributed by atoms with van der Waals surface area (Å²) in [6.45, 7) is 4.74. The molecule has 0 radical (unpaired) electrons. The molecule has 30 heavy (non-hydrogen) atoms. The van der Waals surface area contributed by atoms with Crippen LogP contribution in [0.25, 0.3) is 0 Å². The first-order valence-corrected chi connectivity index (χ1v) is 11.1. The lowest BCUT2D eigenvalue weighted by Crippen LogP contribution is -2.27. The molecule has 0 unspecified atom stereocenters. The smallest absolute Gasteiger partial charge is 0.344 e. The number of esters is 1. The average Bonchev–Trinajstić information content (AvgIpc) is 2.60. The van der Waals surface area contributed by atoms with E-state index in [4.69, 9.17) is 49.4 Å². The molecule has 2 rings (SSSR count). The summed E-state index contributed by atoms with van der Waals surface area (Å²) < 4.78 is 33.7. The van der Waals surface area contributed by atoms with Crippen LogP contribution in [-0.4, -0.2) is 32.4 Å². The highest BCUT2D eigenvalue weighted by atomic mass is 35.5. The van der Waals surface area contributed by atoms with Crippen molar-refractivity contribution in [2.45, 2.75) is 31.3 Å². The van der Waals surface area contributed by atoms with Crippen molar-refractivity contribution >= 4 is 56.6 Å². The van der Waals surface area contributed by atoms with E-state index in [1.807, 2.05) is 0 Å². The molecule has 2 aromatic rings. The highest BCUT2D eigenvalue weighted by molar-refractivity contribution is 7.89. The van der Waals surface area contributed by atoms with Gasteiger partial charge in [-0.3, -0.25) is 4.79 Å². The van der Waals surface area contributed by atoms with Gasteiger partial charge < -0.3 is 9.47 Å². The molecule has 0 saturated heterocycles. The second-order valence-corrected chi connectivity index (χ2v) is 9.83. The monoisotopic (exact) mass is 493 g/mol. The molecule has 11 heteroatoms. The Balaban J connectivity index is 2.29. The SMILES string of the molecule is CC(C)(C)OC(=O)COc1ccc(C(=O)c2ccc(Cl)c(S(N)(=O)=O)c2)c(Cl)c1Cl. The fraction of sp³-hybridized carbons (Fsp3) is 0.263. The number of sulfonamides is 1. The highest BCUT2D eigenvalue weighted by Gasteiger charge is 2.22. The first-order chi connectivity index (χ1) is 13.7. The maximum absolute atomic E-state index is 12.8. The maximum Gasteiger partial charge on any atom is 0.344 e. The summed E-state index contributed by atoms with van der Waals surface area (Å²) in [7, 11) is -4.13. The molecule has 0 heterocycles. The number of ether oxygens (including phenoxy) is 2. The Bertz CT molecular complexity index is 1110. The number of carbonyl (C=O) groups excluding carboxylic acids is 2. The molecular weight excluding hydrogens is 477 g/mol. The van der Waals surface area contributed by atoms with Crippen LogP contribution in [0.3, 0.4) is 0 Å². The van der Waals surface area contributed by atoms with Gasteiger partial charge in [-0.25, -0.2) is 18.4 Å². The number of hydrogen-bond donors (Lipinski definition) is 1. The molecule has 0 fully saturated rings. The Hall–Kier alpha value is -1.84. The zero-order chi connectivity index (χ0) is 22.9. The summed E-state index contributed by atoms with van der Waals surface area (Å²) >= 11 is 18.2. The number of halogens is 3. The van der Waals surface area contributed by atoms with E-state index in [-0.39, 0.29) is 31.9 Å². The normalized spacial score (nSPS) is 11.8. The van der Waals surface area contributed by atoms with Crippen LogP contribution in [0.4, 0.5) is 0 Å². The molecule has 0 amide bonds. The molecule has 0 aliphatic heterocycles. The third-order valence-corrected chi connectivity index (χ3v) is 5.81. The lowest BCUT2D eigenvalue weighted by molar-refractivity contribution is -0.157. The maximum atomic E-state index is 12.8. The summed E-state index contributed by atoms with van der Waals surface area (Å²) in [5.74, 6) is -1.14. The van der Waals surface area contributed by atoms with Crippen molar-refractivity contribution in [1.29, 1.82) is 0 Å². The van der Waals surface area contributed by atoms with Crippen LogP contribution in [0.1, 0.15) is 36.7 Å². The third-order valence-electron chi connectivity index (χ3n) is 3.56. The molecule has 0 aromatic heterocycles. The van der Waals surface area contributed by atoms with Crippen molar-refractivity contribution < 1.29 is 27.5 Å². The molecule has 2 aromatic carbocycles. The first-order valence-electron chi connectivity index (χ1n) is 8.40. The quantitative estimate of drug-likeness (QED) is 0.474. The zero-order valence-corrected chi connectivity index (χ0v) is 19.2. The summed E-state index contributed by atoms with van der Waals surface area (Å²) in [5, 5.41) is 4.77. The standard InChI is InChI=1S/C19H18Cl3NO6S/c1-19(2,3)29-15(24)9-28-13-7-5-11(16(21)17(13)22)18(25)10-4-6-12(20)14(8-10)30(23,26)27/h4-8H,9H2,1-3H3,(H2,23,26,27). The van der Waals surface area contributed by atoms with Crippen LogP contribution >= 0.6 is 34.8 Å². The molecule has 0 aliphatic rings. The predicted molar refractivity (Wildman–Crippen MR) is 114 cm³/mol. The van der Waals surface area contributed by atoms with Crippen LogP contribution in [-0.2, 0) is 19.6 Å². The topological polar surface area (TPSA) is 113 Å². The van der Waals surface area contributed by atoms with Crippen molar-refractivity contribution in [1.82, 2.24) is 0 Å². The van der Waals surface area contributed by atoms with Crippen LogP contribution in [0, 0.1) is 0 Å². The molecule has 0 aliphatic carbocycles. The van der Waals surface area contributed by atoms with E-state index < -0.39 is 38.9 Å². The number of rotatable bonds is 6. The van der Waals surface area contributed by atoms with Gasteiger partial charge in [0.15, 0.2) is 12.4 Å². The first kappa shape index (κ1) is 24.4. The molecule has 7 nitrogen and oxygen atoms in total.